The number of hydrogen-bond acceptors (Lipinski definition) is 15. The molecule has 3 N–H and O–H groups in total. The maximum absolute atomic E-state index is 13.2. The molecule has 0 saturated carbocycles. The summed E-state index contributed by atoms with van der Waals surface area (Å²) in [6.45, 7) is 14.4. The molecule has 5 unspecified atom stereocenters. The molecule has 0 saturated heterocycles. The normalized spacial score (nSPS) is 14.3. The van der Waals surface area contributed by atoms with Gasteiger partial charge in [0.15, 0.2) is 12.2 Å². The molecule has 7 atom stereocenters. The van der Waals surface area contributed by atoms with Crippen LogP contribution in [0.5, 0.6) is 0 Å². The zero-order valence-corrected chi connectivity index (χ0v) is 75.4. The predicted molar refractivity (Wildman–Crippen MR) is 460 cm³/mol. The van der Waals surface area contributed by atoms with Crippen molar-refractivity contribution < 1.29 is 80.2 Å². The number of ether oxygens (including phenoxy) is 4. The highest BCUT2D eigenvalue weighted by molar-refractivity contribution is 7.47. The number of rotatable bonds is 89. The Bertz CT molecular complexity index is 2150. The molecule has 17 nitrogen and oxygen atoms in total. The Morgan fingerprint density at radius 3 is 0.640 bits per heavy atom. The smallest absolute Gasteiger partial charge is 0.462 e. The molecule has 0 fully saturated rings. The Balaban J connectivity index is 5.22. The summed E-state index contributed by atoms with van der Waals surface area (Å²) < 4.78 is 69.0. The summed E-state index contributed by atoms with van der Waals surface area (Å²) in [6.07, 6.45) is 72.4. The number of aliphatic hydroxyl groups excluding tert-OH is 1. The van der Waals surface area contributed by atoms with Gasteiger partial charge in [-0.25, -0.2) is 9.13 Å². The van der Waals surface area contributed by atoms with Gasteiger partial charge in [0.25, 0.3) is 0 Å². The summed E-state index contributed by atoms with van der Waals surface area (Å²) in [5.41, 5.74) is 0. The number of carbonyl (C=O) groups excluding carboxylic acids is 4. The van der Waals surface area contributed by atoms with Crippen LogP contribution in [0.1, 0.15) is 486 Å². The molecule has 0 aliphatic heterocycles. The van der Waals surface area contributed by atoms with Crippen molar-refractivity contribution in [3.8, 4) is 0 Å². The third-order valence-electron chi connectivity index (χ3n) is 22.3. The van der Waals surface area contributed by atoms with E-state index in [0.717, 1.165) is 114 Å². The second-order valence-corrected chi connectivity index (χ2v) is 37.4. The lowest BCUT2D eigenvalue weighted by atomic mass is 9.99. The first-order valence-corrected chi connectivity index (χ1v) is 50.3. The number of phosphoric acid groups is 2. The van der Waals surface area contributed by atoms with E-state index in [1.54, 1.807) is 0 Å². The summed E-state index contributed by atoms with van der Waals surface area (Å²) in [5.74, 6) is 1.14. The molecular weight excluding hydrogens is 1440 g/mol. The van der Waals surface area contributed by atoms with Gasteiger partial charge < -0.3 is 33.8 Å². The van der Waals surface area contributed by atoms with Gasteiger partial charge in [-0.05, 0) is 49.4 Å². The van der Waals surface area contributed by atoms with Crippen LogP contribution in [0.2, 0.25) is 0 Å². The number of carbonyl (C=O) groups is 4. The van der Waals surface area contributed by atoms with E-state index in [9.17, 15) is 43.2 Å². The van der Waals surface area contributed by atoms with Gasteiger partial charge in [0, 0.05) is 25.7 Å². The van der Waals surface area contributed by atoms with Crippen molar-refractivity contribution in [1.29, 1.82) is 0 Å². The van der Waals surface area contributed by atoms with Crippen LogP contribution >= 0.6 is 15.6 Å². The lowest BCUT2D eigenvalue weighted by Crippen LogP contribution is -2.30. The monoisotopic (exact) mass is 1620 g/mol. The Labute approximate surface area is 683 Å². The lowest BCUT2D eigenvalue weighted by Gasteiger charge is -2.21. The number of aliphatic hydroxyl groups is 1. The Morgan fingerprint density at radius 2 is 0.432 bits per heavy atom. The minimum absolute atomic E-state index is 0.107. The fraction of sp³-hybridized carbons (Fsp3) is 0.957. The van der Waals surface area contributed by atoms with Gasteiger partial charge >= 0.3 is 39.5 Å². The van der Waals surface area contributed by atoms with Gasteiger partial charge in [-0.1, -0.05) is 434 Å². The number of esters is 4. The van der Waals surface area contributed by atoms with Gasteiger partial charge in [0.1, 0.15) is 19.3 Å². The Morgan fingerprint density at radius 1 is 0.252 bits per heavy atom. The van der Waals surface area contributed by atoms with Crippen molar-refractivity contribution in [1.82, 2.24) is 0 Å². The van der Waals surface area contributed by atoms with Crippen molar-refractivity contribution in [2.24, 2.45) is 23.7 Å². The number of hydrogen-bond donors (Lipinski definition) is 3. The molecule has 0 aliphatic carbocycles. The Hall–Kier alpha value is -1.94. The fourth-order valence-corrected chi connectivity index (χ4v) is 15.9. The molecule has 0 aromatic rings. The third-order valence-corrected chi connectivity index (χ3v) is 24.2. The first-order valence-electron chi connectivity index (χ1n) is 47.3. The molecule has 0 spiro atoms. The van der Waals surface area contributed by atoms with E-state index in [-0.39, 0.29) is 25.7 Å². The fourth-order valence-electron chi connectivity index (χ4n) is 14.3. The molecule has 0 rings (SSSR count). The Kier molecular flexibility index (Phi) is 79.1. The molecule has 19 heteroatoms. The van der Waals surface area contributed by atoms with Crippen molar-refractivity contribution in [2.45, 2.75) is 504 Å². The van der Waals surface area contributed by atoms with E-state index in [1.165, 1.54) is 283 Å². The van der Waals surface area contributed by atoms with Gasteiger partial charge in [-0.3, -0.25) is 37.3 Å². The van der Waals surface area contributed by atoms with Crippen LogP contribution in [0.4, 0.5) is 0 Å². The van der Waals surface area contributed by atoms with Crippen molar-refractivity contribution in [2.75, 3.05) is 39.6 Å². The predicted octanol–water partition coefficient (Wildman–Crippen LogP) is 28.3. The highest BCUT2D eigenvalue weighted by Gasteiger charge is 2.31. The summed E-state index contributed by atoms with van der Waals surface area (Å²) >= 11 is 0. The summed E-state index contributed by atoms with van der Waals surface area (Å²) in [6, 6.07) is 0. The molecule has 111 heavy (non-hydrogen) atoms. The van der Waals surface area contributed by atoms with E-state index in [1.807, 2.05) is 0 Å². The van der Waals surface area contributed by atoms with Gasteiger partial charge in [-0.2, -0.15) is 0 Å². The summed E-state index contributed by atoms with van der Waals surface area (Å²) in [7, 11) is -9.94. The number of unbranched alkanes of at least 4 members (excludes halogenated alkanes) is 53. The van der Waals surface area contributed by atoms with Crippen LogP contribution in [-0.4, -0.2) is 96.7 Å². The first kappa shape index (κ1) is 109. The average Bonchev–Trinajstić information content (AvgIpc) is 0.897. The highest BCUT2D eigenvalue weighted by Crippen LogP contribution is 2.45. The highest BCUT2D eigenvalue weighted by atomic mass is 31.2. The van der Waals surface area contributed by atoms with Crippen LogP contribution in [0.15, 0.2) is 0 Å². The second-order valence-electron chi connectivity index (χ2n) is 34.5. The largest absolute Gasteiger partial charge is 0.472 e. The van der Waals surface area contributed by atoms with E-state index in [0.29, 0.717) is 31.6 Å². The van der Waals surface area contributed by atoms with Crippen molar-refractivity contribution in [3.63, 3.8) is 0 Å². The van der Waals surface area contributed by atoms with E-state index in [4.69, 9.17) is 37.0 Å². The van der Waals surface area contributed by atoms with Gasteiger partial charge in [0.2, 0.25) is 0 Å². The molecule has 0 bridgehead atoms. The molecule has 0 aliphatic rings. The molecular formula is C92H180O17P2. The minimum Gasteiger partial charge on any atom is -0.462 e. The summed E-state index contributed by atoms with van der Waals surface area (Å²) in [4.78, 5) is 73.4. The van der Waals surface area contributed by atoms with E-state index >= 15 is 0 Å². The molecule has 0 aromatic carbocycles. The average molecular weight is 1620 g/mol. The zero-order chi connectivity index (χ0) is 81.6. The van der Waals surface area contributed by atoms with Crippen LogP contribution < -0.4 is 0 Å². The van der Waals surface area contributed by atoms with Gasteiger partial charge in [-0.15, -0.1) is 0 Å². The topological polar surface area (TPSA) is 237 Å². The van der Waals surface area contributed by atoms with Crippen molar-refractivity contribution in [3.05, 3.63) is 0 Å². The maximum atomic E-state index is 13.2. The third kappa shape index (κ3) is 82.9. The van der Waals surface area contributed by atoms with Crippen LogP contribution in [0.25, 0.3) is 0 Å². The molecule has 0 aromatic heterocycles. The van der Waals surface area contributed by atoms with Crippen molar-refractivity contribution >= 4 is 39.5 Å². The second kappa shape index (κ2) is 80.5. The van der Waals surface area contributed by atoms with Gasteiger partial charge in [0.05, 0.1) is 26.4 Å². The molecule has 0 radical (unpaired) electrons. The van der Waals surface area contributed by atoms with Crippen LogP contribution in [0, 0.1) is 23.7 Å². The molecule has 660 valence electrons. The summed E-state index contributed by atoms with van der Waals surface area (Å²) in [5, 5.41) is 10.7. The number of phosphoric ester groups is 2. The SMILES string of the molecule is CCC(C)CCCCCCCCCCCCCCCCCCCCC(=O)OC[C@H](COP(=O)(O)OCC(O)COP(=O)(O)OC[C@@H](COC(=O)CCCCCCCCCC(C)C)OC(=O)CCCCCCCCCCCCCCCCC(C)C)OC(=O)CCCCCCCCCCCCCCCCCCCCC(C)CC. The molecule has 0 heterocycles. The molecule has 0 amide bonds. The standard InChI is InChI=1S/C92H180O17P2/c1-9-84(7)70-62-54-46-38-32-26-19-15-11-13-17-21-28-34-40-48-56-64-72-89(94)102-78-87(108-91(96)74-66-58-49-41-35-29-22-18-14-12-16-20-27-33-39-47-55-63-71-85(8)10-2)80-106-110(98,99)104-76-86(93)77-105-111(100,101)107-81-88(79-103-90(95)73-65-57-51-43-45-53-61-69-83(5)6)109-92(97)75-67-59-50-42-36-30-24-23-25-31-37-44-52-60-68-82(3)4/h82-88,93H,9-81H2,1-8H3,(H,98,99)(H,100,101)/t84?,85?,86?,87-,88-/m1/s1. The lowest BCUT2D eigenvalue weighted by molar-refractivity contribution is -0.161. The maximum Gasteiger partial charge on any atom is 0.472 e. The van der Waals surface area contributed by atoms with Crippen LogP contribution in [0.3, 0.4) is 0 Å². The van der Waals surface area contributed by atoms with E-state index < -0.39 is 97.5 Å². The minimum atomic E-state index is -4.97. The van der Waals surface area contributed by atoms with E-state index in [2.05, 4.69) is 55.4 Å². The quantitative estimate of drug-likeness (QED) is 0.0222. The first-order chi connectivity index (χ1) is 53.7. The van der Waals surface area contributed by atoms with Crippen LogP contribution in [-0.2, 0) is 65.4 Å². The zero-order valence-electron chi connectivity index (χ0n) is 73.6.